The maximum absolute atomic E-state index is 11.6. The Morgan fingerprint density at radius 3 is 2.54 bits per heavy atom. The zero-order valence-corrected chi connectivity index (χ0v) is 20.8. The fourth-order valence-corrected chi connectivity index (χ4v) is 4.41. The van der Waals surface area contributed by atoms with Crippen molar-refractivity contribution in [2.45, 2.75) is 39.8 Å². The SMILES string of the molecule is CNC(=O)CCON=c1c2ccccc2n(CCCNCc2ccccc2)c2c(C)c(C)ccc12. The predicted molar refractivity (Wildman–Crippen MR) is 142 cm³/mol. The van der Waals surface area contributed by atoms with Gasteiger partial charge in [-0.05, 0) is 49.6 Å². The molecule has 182 valence electrons. The molecule has 6 heteroatoms. The fraction of sp³-hybridized carbons (Fsp3) is 0.310. The number of hydrogen-bond acceptors (Lipinski definition) is 4. The Labute approximate surface area is 206 Å². The summed E-state index contributed by atoms with van der Waals surface area (Å²) in [4.78, 5) is 17.2. The van der Waals surface area contributed by atoms with E-state index in [0.29, 0.717) is 0 Å². The minimum Gasteiger partial charge on any atom is -0.395 e. The van der Waals surface area contributed by atoms with Gasteiger partial charge in [0, 0.05) is 30.9 Å². The number of para-hydroxylation sites is 1. The van der Waals surface area contributed by atoms with Crippen molar-refractivity contribution in [3.8, 4) is 0 Å². The molecule has 0 bridgehead atoms. The summed E-state index contributed by atoms with van der Waals surface area (Å²) in [5.41, 5.74) is 6.10. The molecule has 4 rings (SSSR count). The van der Waals surface area contributed by atoms with Crippen LogP contribution in [-0.2, 0) is 22.7 Å². The van der Waals surface area contributed by atoms with Gasteiger partial charge in [-0.2, -0.15) is 0 Å². The lowest BCUT2D eigenvalue weighted by Crippen LogP contribution is -2.20. The van der Waals surface area contributed by atoms with E-state index in [4.69, 9.17) is 4.84 Å². The lowest BCUT2D eigenvalue weighted by Gasteiger charge is -2.19. The number of nitrogens with zero attached hydrogens (tertiary/aromatic N) is 2. The summed E-state index contributed by atoms with van der Waals surface area (Å²) in [6.07, 6.45) is 1.28. The van der Waals surface area contributed by atoms with Gasteiger partial charge in [0.05, 0.1) is 17.5 Å². The topological polar surface area (TPSA) is 67.6 Å². The third-order valence-corrected chi connectivity index (χ3v) is 6.44. The van der Waals surface area contributed by atoms with Crippen LogP contribution in [0.4, 0.5) is 0 Å². The van der Waals surface area contributed by atoms with E-state index in [9.17, 15) is 4.79 Å². The van der Waals surface area contributed by atoms with Crippen molar-refractivity contribution in [1.82, 2.24) is 15.2 Å². The predicted octanol–water partition coefficient (Wildman–Crippen LogP) is 4.56. The zero-order chi connectivity index (χ0) is 24.6. The number of benzene rings is 3. The monoisotopic (exact) mass is 470 g/mol. The van der Waals surface area contributed by atoms with Gasteiger partial charge in [-0.3, -0.25) is 4.79 Å². The third-order valence-electron chi connectivity index (χ3n) is 6.44. The molecule has 0 radical (unpaired) electrons. The Morgan fingerprint density at radius 2 is 1.74 bits per heavy atom. The highest BCUT2D eigenvalue weighted by Crippen LogP contribution is 2.25. The van der Waals surface area contributed by atoms with Gasteiger partial charge in [-0.25, -0.2) is 0 Å². The molecule has 1 amide bonds. The summed E-state index contributed by atoms with van der Waals surface area (Å²) in [6, 6.07) is 23.1. The standard InChI is InChI=1S/C29H34N4O2/c1-21-14-15-25-28(32-35-19-16-27(34)30-3)24-12-7-8-13-26(24)33(29(25)22(21)2)18-9-17-31-20-23-10-5-4-6-11-23/h4-8,10-15,31H,9,16-20H2,1-3H3,(H,30,34). The van der Waals surface area contributed by atoms with Crippen LogP contribution in [0, 0.1) is 13.8 Å². The highest BCUT2D eigenvalue weighted by molar-refractivity contribution is 5.95. The number of carbonyl (C=O) groups excluding carboxylic acids is 1. The van der Waals surface area contributed by atoms with Crippen molar-refractivity contribution in [2.75, 3.05) is 20.2 Å². The second kappa shape index (κ2) is 11.7. The summed E-state index contributed by atoms with van der Waals surface area (Å²) in [6.45, 7) is 7.25. The normalized spacial score (nSPS) is 11.8. The van der Waals surface area contributed by atoms with Crippen LogP contribution in [0.3, 0.4) is 0 Å². The smallest absolute Gasteiger partial charge is 0.223 e. The first-order chi connectivity index (χ1) is 17.1. The number of nitrogens with one attached hydrogen (secondary N) is 2. The molecule has 0 aliphatic heterocycles. The summed E-state index contributed by atoms with van der Waals surface area (Å²) in [5, 5.41) is 13.6. The second-order valence-electron chi connectivity index (χ2n) is 8.78. The molecule has 0 saturated carbocycles. The van der Waals surface area contributed by atoms with Crippen LogP contribution < -0.4 is 16.0 Å². The maximum atomic E-state index is 11.6. The van der Waals surface area contributed by atoms with E-state index < -0.39 is 0 Å². The molecule has 0 spiro atoms. The Balaban J connectivity index is 1.66. The number of amides is 1. The highest BCUT2D eigenvalue weighted by Gasteiger charge is 2.13. The molecule has 0 fully saturated rings. The van der Waals surface area contributed by atoms with Crippen LogP contribution >= 0.6 is 0 Å². The van der Waals surface area contributed by atoms with E-state index in [0.717, 1.165) is 47.7 Å². The van der Waals surface area contributed by atoms with E-state index >= 15 is 0 Å². The van der Waals surface area contributed by atoms with Crippen LogP contribution in [0.15, 0.2) is 71.9 Å². The van der Waals surface area contributed by atoms with Gasteiger partial charge >= 0.3 is 0 Å². The van der Waals surface area contributed by atoms with Crippen LogP contribution in [0.2, 0.25) is 0 Å². The van der Waals surface area contributed by atoms with Crippen LogP contribution in [-0.4, -0.2) is 30.7 Å². The molecule has 2 N–H and O–H groups in total. The number of aryl methyl sites for hydroxylation is 3. The zero-order valence-electron chi connectivity index (χ0n) is 20.8. The number of fused-ring (bicyclic) bond motifs is 2. The van der Waals surface area contributed by atoms with Crippen LogP contribution in [0.1, 0.15) is 29.5 Å². The van der Waals surface area contributed by atoms with Gasteiger partial charge in [0.2, 0.25) is 5.91 Å². The number of rotatable bonds is 10. The summed E-state index contributed by atoms with van der Waals surface area (Å²) in [7, 11) is 1.62. The van der Waals surface area contributed by atoms with E-state index in [2.05, 4.69) is 88.8 Å². The van der Waals surface area contributed by atoms with Gasteiger partial charge in [-0.15, -0.1) is 0 Å². The number of hydrogen-bond donors (Lipinski definition) is 2. The molecule has 1 heterocycles. The van der Waals surface area contributed by atoms with Gasteiger partial charge in [0.1, 0.15) is 12.0 Å². The lowest BCUT2D eigenvalue weighted by molar-refractivity contribution is -0.121. The van der Waals surface area contributed by atoms with Crippen LogP contribution in [0.5, 0.6) is 0 Å². The first-order valence-electron chi connectivity index (χ1n) is 12.2. The van der Waals surface area contributed by atoms with Gasteiger partial charge < -0.3 is 20.0 Å². The molecule has 1 aromatic heterocycles. The Kier molecular flexibility index (Phi) is 8.16. The quantitative estimate of drug-likeness (QED) is 0.203. The summed E-state index contributed by atoms with van der Waals surface area (Å²) >= 11 is 0. The summed E-state index contributed by atoms with van der Waals surface area (Å²) < 4.78 is 2.42. The third kappa shape index (κ3) is 5.72. The van der Waals surface area contributed by atoms with E-state index in [1.165, 1.54) is 22.2 Å². The largest absolute Gasteiger partial charge is 0.395 e. The number of carbonyl (C=O) groups is 1. The van der Waals surface area contributed by atoms with Crippen molar-refractivity contribution >= 4 is 27.7 Å². The number of pyridine rings is 1. The molecule has 0 saturated heterocycles. The molecule has 35 heavy (non-hydrogen) atoms. The lowest BCUT2D eigenvalue weighted by atomic mass is 10.0. The molecule has 4 aromatic rings. The van der Waals surface area contributed by atoms with E-state index in [-0.39, 0.29) is 18.9 Å². The van der Waals surface area contributed by atoms with Gasteiger partial charge in [0.15, 0.2) is 0 Å². The Bertz CT molecular complexity index is 1380. The van der Waals surface area contributed by atoms with Crippen molar-refractivity contribution in [3.05, 3.63) is 88.8 Å². The molecule has 6 nitrogen and oxygen atoms in total. The highest BCUT2D eigenvalue weighted by atomic mass is 16.6. The molecule has 0 aliphatic carbocycles. The molecule has 0 aliphatic rings. The Hall–Kier alpha value is -3.64. The van der Waals surface area contributed by atoms with Crippen molar-refractivity contribution < 1.29 is 9.63 Å². The average Bonchev–Trinajstić information content (AvgIpc) is 2.89. The molecule has 3 aromatic carbocycles. The van der Waals surface area contributed by atoms with E-state index in [1.54, 1.807) is 7.05 Å². The fourth-order valence-electron chi connectivity index (χ4n) is 4.41. The first kappa shape index (κ1) is 24.5. The van der Waals surface area contributed by atoms with Gasteiger partial charge in [-0.1, -0.05) is 65.8 Å². The number of aromatic nitrogens is 1. The van der Waals surface area contributed by atoms with Crippen molar-refractivity contribution in [2.24, 2.45) is 5.16 Å². The molecule has 0 unspecified atom stereocenters. The summed E-state index contributed by atoms with van der Waals surface area (Å²) in [5.74, 6) is -0.0619. The Morgan fingerprint density at radius 1 is 0.971 bits per heavy atom. The molecule has 0 atom stereocenters. The maximum Gasteiger partial charge on any atom is 0.223 e. The first-order valence-corrected chi connectivity index (χ1v) is 12.2. The molecular formula is C29H34N4O2. The minimum absolute atomic E-state index is 0.0619. The van der Waals surface area contributed by atoms with E-state index in [1.807, 2.05) is 12.1 Å². The van der Waals surface area contributed by atoms with Crippen molar-refractivity contribution in [3.63, 3.8) is 0 Å². The van der Waals surface area contributed by atoms with Crippen LogP contribution in [0.25, 0.3) is 21.8 Å². The average molecular weight is 471 g/mol. The second-order valence-corrected chi connectivity index (χ2v) is 8.78. The minimum atomic E-state index is -0.0619. The molecular weight excluding hydrogens is 436 g/mol. The van der Waals surface area contributed by atoms with Crippen molar-refractivity contribution in [1.29, 1.82) is 0 Å². The van der Waals surface area contributed by atoms with Gasteiger partial charge in [0.25, 0.3) is 0 Å².